The van der Waals surface area contributed by atoms with Gasteiger partial charge in [-0.1, -0.05) is 0 Å². The van der Waals surface area contributed by atoms with Crippen molar-refractivity contribution in [2.24, 2.45) is 0 Å². The molecule has 0 bridgehead atoms. The Labute approximate surface area is 216 Å². The van der Waals surface area contributed by atoms with E-state index < -0.39 is 12.6 Å². The van der Waals surface area contributed by atoms with Gasteiger partial charge in [-0.2, -0.15) is 0 Å². The predicted molar refractivity (Wildman–Crippen MR) is 155 cm³/mol. The van der Waals surface area contributed by atoms with E-state index in [1.54, 1.807) is 0 Å². The van der Waals surface area contributed by atoms with Crippen LogP contribution in [0, 0.1) is 0 Å². The summed E-state index contributed by atoms with van der Waals surface area (Å²) in [5.41, 5.74) is 0.517. The van der Waals surface area contributed by atoms with Crippen LogP contribution in [0.15, 0.2) is 91.0 Å². The molecule has 3 aromatic carbocycles. The van der Waals surface area contributed by atoms with Crippen LogP contribution < -0.4 is 15.9 Å². The van der Waals surface area contributed by atoms with Gasteiger partial charge in [0.25, 0.3) is 0 Å². The molecule has 0 saturated carbocycles. The fourth-order valence-electron chi connectivity index (χ4n) is 6.05. The number of carbonyl (C=O) groups is 1. The van der Waals surface area contributed by atoms with Gasteiger partial charge < -0.3 is 0 Å². The third-order valence-corrected chi connectivity index (χ3v) is 15.2. The number of rotatable bonds is 13. The van der Waals surface area contributed by atoms with Gasteiger partial charge in [0, 0.05) is 0 Å². The van der Waals surface area contributed by atoms with E-state index in [1.807, 2.05) is 0 Å². The van der Waals surface area contributed by atoms with Crippen LogP contribution in [0.1, 0.15) is 58.8 Å². The van der Waals surface area contributed by atoms with Crippen LogP contribution in [-0.2, 0) is 4.79 Å². The maximum absolute atomic E-state index is 11.4. The Morgan fingerprint density at radius 1 is 0.706 bits per heavy atom. The molecule has 0 spiro atoms. The van der Waals surface area contributed by atoms with Gasteiger partial charge >= 0.3 is 200 Å². The summed E-state index contributed by atoms with van der Waals surface area (Å²) in [6.07, 6.45) is 7.50. The molecule has 3 aromatic rings. The number of hydrogen-bond acceptors (Lipinski definition) is 1. The van der Waals surface area contributed by atoms with Gasteiger partial charge in [0.15, 0.2) is 0 Å². The van der Waals surface area contributed by atoms with Gasteiger partial charge in [-0.25, -0.2) is 0 Å². The van der Waals surface area contributed by atoms with Crippen molar-refractivity contribution in [2.75, 3.05) is 6.16 Å². The summed E-state index contributed by atoms with van der Waals surface area (Å²) >= 11 is 0. The quantitative estimate of drug-likeness (QED) is 0.181. The van der Waals surface area contributed by atoms with Gasteiger partial charge in [0.05, 0.1) is 0 Å². The second-order valence-electron chi connectivity index (χ2n) is 9.19. The average Bonchev–Trinajstić information content (AvgIpc) is 2.86. The molecule has 3 rings (SSSR count). The van der Waals surface area contributed by atoms with E-state index in [-0.39, 0.29) is 23.4 Å². The zero-order valence-electron chi connectivity index (χ0n) is 20.6. The molecular weight excluding hydrogens is 503 g/mol. The standard InChI is InChI=1S/C30H39O2P.BrH/c1-3-16-26(17-4-2)33(25-15-14-24-30(31)32,27-18-8-5-9-19-27,28-20-10-6-11-21-28)29-22-12-7-13-23-29;/h5-13,18-23,26H,3-4,14-17,24-25H2,1-2H3,(H,31,32);1H. The molecule has 0 unspecified atom stereocenters. The number of hydrogen-bond donors (Lipinski definition) is 1. The Balaban J connectivity index is 0.00000408. The molecule has 1 N–H and O–H groups in total. The monoisotopic (exact) mass is 542 g/mol. The maximum atomic E-state index is 11.4. The van der Waals surface area contributed by atoms with Crippen LogP contribution in [0.5, 0.6) is 0 Å². The molecule has 0 aliphatic rings. The van der Waals surface area contributed by atoms with E-state index in [1.165, 1.54) is 28.8 Å². The zero-order chi connectivity index (χ0) is 23.6. The van der Waals surface area contributed by atoms with Gasteiger partial charge in [-0.15, -0.1) is 17.0 Å². The molecule has 4 heteroatoms. The Bertz CT molecular complexity index is 887. The summed E-state index contributed by atoms with van der Waals surface area (Å²) in [4.78, 5) is 11.4. The zero-order valence-corrected chi connectivity index (χ0v) is 23.2. The number of aliphatic carboxylic acids is 1. The van der Waals surface area contributed by atoms with Gasteiger partial charge in [-0.3, -0.25) is 0 Å². The summed E-state index contributed by atoms with van der Waals surface area (Å²) in [5.74, 6) is -0.701. The van der Waals surface area contributed by atoms with Crippen molar-refractivity contribution in [3.8, 4) is 0 Å². The first-order valence-electron chi connectivity index (χ1n) is 12.5. The molecule has 184 valence electrons. The first-order valence-corrected chi connectivity index (χ1v) is 15.0. The van der Waals surface area contributed by atoms with Crippen LogP contribution in [-0.4, -0.2) is 22.9 Å². The van der Waals surface area contributed by atoms with E-state index >= 15 is 0 Å². The fraction of sp³-hybridized carbons (Fsp3) is 0.367. The van der Waals surface area contributed by atoms with E-state index in [0.717, 1.165) is 25.4 Å². The Morgan fingerprint density at radius 2 is 1.09 bits per heavy atom. The van der Waals surface area contributed by atoms with Gasteiger partial charge in [-0.05, 0) is 0 Å². The molecule has 0 aliphatic heterocycles. The number of carboxylic acid groups (broad SMARTS) is 1. The summed E-state index contributed by atoms with van der Waals surface area (Å²) < 4.78 is 0. The molecule has 0 heterocycles. The second-order valence-corrected chi connectivity index (χ2v) is 14.7. The molecule has 0 fully saturated rings. The third-order valence-electron chi connectivity index (χ3n) is 7.35. The van der Waals surface area contributed by atoms with E-state index in [2.05, 4.69) is 105 Å². The van der Waals surface area contributed by atoms with Crippen molar-refractivity contribution in [1.82, 2.24) is 0 Å². The Kier molecular flexibility index (Phi) is 11.0. The summed E-state index contributed by atoms with van der Waals surface area (Å²) in [7, 11) is 0. The van der Waals surface area contributed by atoms with Crippen molar-refractivity contribution in [3.05, 3.63) is 91.0 Å². The van der Waals surface area contributed by atoms with Crippen molar-refractivity contribution in [3.63, 3.8) is 0 Å². The van der Waals surface area contributed by atoms with E-state index in [0.29, 0.717) is 12.1 Å². The van der Waals surface area contributed by atoms with Gasteiger partial charge in [0.1, 0.15) is 0 Å². The summed E-state index contributed by atoms with van der Waals surface area (Å²) in [5, 5.41) is 13.7. The number of benzene rings is 3. The van der Waals surface area contributed by atoms with E-state index in [9.17, 15) is 9.90 Å². The van der Waals surface area contributed by atoms with Crippen molar-refractivity contribution in [1.29, 1.82) is 0 Å². The Morgan fingerprint density at radius 3 is 1.41 bits per heavy atom. The number of halogens is 1. The first kappa shape index (κ1) is 28.3. The van der Waals surface area contributed by atoms with Crippen LogP contribution in [0.3, 0.4) is 0 Å². The Hall–Kier alpha value is -1.96. The predicted octanol–water partition coefficient (Wildman–Crippen LogP) is 7.32. The summed E-state index contributed by atoms with van der Waals surface area (Å²) in [6.45, 7) is 1.67. The molecule has 0 radical (unpaired) electrons. The van der Waals surface area contributed by atoms with E-state index in [4.69, 9.17) is 0 Å². The fourth-order valence-corrected chi connectivity index (χ4v) is 14.4. The molecule has 0 amide bonds. The van der Waals surface area contributed by atoms with Crippen molar-refractivity contribution >= 4 is 45.5 Å². The molecular formula is C30H40BrO2P. The van der Waals surface area contributed by atoms with Crippen molar-refractivity contribution in [2.45, 2.75) is 64.5 Å². The number of carboxylic acids is 1. The minimum absolute atomic E-state index is 0. The second kappa shape index (κ2) is 13.2. The number of unbranched alkanes of at least 4 members (excludes halogenated alkanes) is 1. The van der Waals surface area contributed by atoms with Crippen LogP contribution in [0.2, 0.25) is 0 Å². The first-order chi connectivity index (χ1) is 16.1. The molecule has 0 aliphatic carbocycles. The summed E-state index contributed by atoms with van der Waals surface area (Å²) in [6, 6.07) is 33.6. The van der Waals surface area contributed by atoms with Crippen LogP contribution >= 0.6 is 23.6 Å². The SMILES string of the molecule is Br.CCCC(CCC)P(CCCCC(=O)O)(c1ccccc1)(c1ccccc1)c1ccccc1. The molecule has 34 heavy (non-hydrogen) atoms. The topological polar surface area (TPSA) is 37.3 Å². The van der Waals surface area contributed by atoms with Crippen LogP contribution in [0.25, 0.3) is 0 Å². The molecule has 2 nitrogen and oxygen atoms in total. The van der Waals surface area contributed by atoms with Crippen molar-refractivity contribution < 1.29 is 9.90 Å². The van der Waals surface area contributed by atoms with Gasteiger partial charge in [0.2, 0.25) is 0 Å². The van der Waals surface area contributed by atoms with Crippen LogP contribution in [0.4, 0.5) is 0 Å². The third kappa shape index (κ3) is 5.31. The minimum atomic E-state index is -2.94. The molecule has 0 saturated heterocycles. The molecule has 0 atom stereocenters. The normalized spacial score (nSPS) is 12.5. The average molecular weight is 544 g/mol. The molecule has 0 aromatic heterocycles.